The number of hydrogen-bond acceptors (Lipinski definition) is 4. The number of nitriles is 1. The number of halogens is 3. The molecule has 0 aliphatic heterocycles. The van der Waals surface area contributed by atoms with Crippen LogP contribution in [0.1, 0.15) is 11.1 Å². The molecule has 0 atom stereocenters. The van der Waals surface area contributed by atoms with E-state index in [4.69, 9.17) is 10.4 Å². The average molecular weight is 308 g/mol. The number of rotatable bonds is 3. The van der Waals surface area contributed by atoms with Gasteiger partial charge in [0.15, 0.2) is 5.82 Å². The van der Waals surface area contributed by atoms with Crippen LogP contribution in [0, 0.1) is 11.3 Å². The van der Waals surface area contributed by atoms with Gasteiger partial charge in [0.2, 0.25) is 0 Å². The quantitative estimate of drug-likeness (QED) is 0.879. The van der Waals surface area contributed by atoms with Crippen LogP contribution >= 0.6 is 0 Å². The molecule has 1 N–H and O–H groups in total. The van der Waals surface area contributed by atoms with Crippen LogP contribution in [0.3, 0.4) is 0 Å². The number of carboxylic acids is 1. The van der Waals surface area contributed by atoms with Crippen molar-refractivity contribution in [1.29, 1.82) is 5.26 Å². The number of aromatic nitrogens is 3. The maximum absolute atomic E-state index is 12.8. The minimum Gasteiger partial charge on any atom is -0.478 e. The van der Waals surface area contributed by atoms with E-state index in [1.807, 2.05) is 0 Å². The second kappa shape index (κ2) is 5.69. The highest BCUT2D eigenvalue weighted by molar-refractivity contribution is 5.82. The minimum absolute atomic E-state index is 0.00819. The highest BCUT2D eigenvalue weighted by atomic mass is 19.4. The first-order chi connectivity index (χ1) is 10.3. The molecule has 0 bridgehead atoms. The monoisotopic (exact) mass is 308 g/mol. The van der Waals surface area contributed by atoms with Crippen molar-refractivity contribution in [3.8, 4) is 17.5 Å². The molecular formula is C13H7F3N4O2. The summed E-state index contributed by atoms with van der Waals surface area (Å²) in [5, 5.41) is 21.1. The van der Waals surface area contributed by atoms with Gasteiger partial charge >= 0.3 is 12.1 Å². The first-order valence-corrected chi connectivity index (χ1v) is 5.74. The normalized spacial score (nSPS) is 11.5. The fourth-order valence-corrected chi connectivity index (χ4v) is 1.60. The van der Waals surface area contributed by atoms with Crippen molar-refractivity contribution in [3.05, 3.63) is 41.7 Å². The molecule has 112 valence electrons. The molecule has 9 heteroatoms. The predicted octanol–water partition coefficient (Wildman–Crippen LogP) is 2.39. The smallest absolute Gasteiger partial charge is 0.416 e. The fourth-order valence-electron chi connectivity index (χ4n) is 1.60. The van der Waals surface area contributed by atoms with Crippen molar-refractivity contribution in [2.75, 3.05) is 0 Å². The van der Waals surface area contributed by atoms with Crippen molar-refractivity contribution in [2.24, 2.45) is 0 Å². The van der Waals surface area contributed by atoms with E-state index in [1.54, 1.807) is 6.07 Å². The zero-order chi connectivity index (χ0) is 16.3. The summed E-state index contributed by atoms with van der Waals surface area (Å²) in [6.07, 6.45) is -1.59. The number of alkyl halides is 3. The van der Waals surface area contributed by atoms with Crippen LogP contribution < -0.4 is 0 Å². The topological polar surface area (TPSA) is 91.8 Å². The van der Waals surface area contributed by atoms with Crippen LogP contribution in [0.25, 0.3) is 17.6 Å². The van der Waals surface area contributed by atoms with Crippen LogP contribution in [-0.4, -0.2) is 25.8 Å². The highest BCUT2D eigenvalue weighted by Gasteiger charge is 2.31. The molecule has 1 aromatic carbocycles. The fraction of sp³-hybridized carbons (Fsp3) is 0.0769. The molecule has 1 heterocycles. The summed E-state index contributed by atoms with van der Waals surface area (Å²) >= 11 is 0. The zero-order valence-corrected chi connectivity index (χ0v) is 10.7. The van der Waals surface area contributed by atoms with Crippen molar-refractivity contribution in [1.82, 2.24) is 14.8 Å². The van der Waals surface area contributed by atoms with Gasteiger partial charge in [0.1, 0.15) is 6.33 Å². The molecule has 1 aromatic heterocycles. The summed E-state index contributed by atoms with van der Waals surface area (Å²) in [6.45, 7) is 0. The van der Waals surface area contributed by atoms with Crippen molar-refractivity contribution in [3.63, 3.8) is 0 Å². The minimum atomic E-state index is -4.60. The summed E-state index contributed by atoms with van der Waals surface area (Å²) in [6, 6.07) is 4.41. The van der Waals surface area contributed by atoms with E-state index in [9.17, 15) is 18.0 Å². The molecule has 2 rings (SSSR count). The summed E-state index contributed by atoms with van der Waals surface area (Å²) in [7, 11) is 0. The van der Waals surface area contributed by atoms with Crippen molar-refractivity contribution >= 4 is 12.2 Å². The van der Waals surface area contributed by atoms with Gasteiger partial charge in [-0.2, -0.15) is 18.4 Å². The van der Waals surface area contributed by atoms with E-state index in [0.717, 1.165) is 35.4 Å². The number of benzene rings is 1. The largest absolute Gasteiger partial charge is 0.478 e. The molecule has 0 saturated heterocycles. The zero-order valence-electron chi connectivity index (χ0n) is 10.7. The van der Waals surface area contributed by atoms with Crippen molar-refractivity contribution in [2.45, 2.75) is 6.18 Å². The van der Waals surface area contributed by atoms with Gasteiger partial charge in [0.25, 0.3) is 0 Å². The number of carbonyl (C=O) groups is 1. The van der Waals surface area contributed by atoms with E-state index < -0.39 is 17.7 Å². The molecule has 0 unspecified atom stereocenters. The van der Waals surface area contributed by atoms with Gasteiger partial charge in [-0.25, -0.2) is 14.5 Å². The van der Waals surface area contributed by atoms with Gasteiger partial charge in [-0.3, -0.25) is 0 Å². The second-order valence-electron chi connectivity index (χ2n) is 4.11. The predicted molar refractivity (Wildman–Crippen MR) is 68.1 cm³/mol. The lowest BCUT2D eigenvalue weighted by Crippen LogP contribution is -2.05. The molecule has 0 amide bonds. The van der Waals surface area contributed by atoms with Crippen LogP contribution in [0.4, 0.5) is 13.2 Å². The van der Waals surface area contributed by atoms with Gasteiger partial charge < -0.3 is 5.11 Å². The summed E-state index contributed by atoms with van der Waals surface area (Å²) in [5.41, 5.74) is -1.16. The van der Waals surface area contributed by atoms with Crippen LogP contribution in [-0.2, 0) is 11.0 Å². The van der Waals surface area contributed by atoms with Gasteiger partial charge in [-0.05, 0) is 18.2 Å². The lowest BCUT2D eigenvalue weighted by Gasteiger charge is -2.08. The Bertz CT molecular complexity index is 787. The summed E-state index contributed by atoms with van der Waals surface area (Å²) in [5.74, 6) is -1.26. The molecule has 2 aromatic rings. The lowest BCUT2D eigenvalue weighted by atomic mass is 10.1. The van der Waals surface area contributed by atoms with Crippen LogP contribution in [0.5, 0.6) is 0 Å². The van der Waals surface area contributed by atoms with Gasteiger partial charge in [0, 0.05) is 17.8 Å². The molecule has 0 fully saturated rings. The molecular weight excluding hydrogens is 301 g/mol. The van der Waals surface area contributed by atoms with E-state index in [2.05, 4.69) is 10.1 Å². The van der Waals surface area contributed by atoms with Gasteiger partial charge in [-0.1, -0.05) is 0 Å². The Morgan fingerprint density at radius 2 is 2.09 bits per heavy atom. The Labute approximate surface area is 121 Å². The third kappa shape index (κ3) is 3.49. The first-order valence-electron chi connectivity index (χ1n) is 5.74. The SMILES string of the molecule is N#Cc1cc(-c2ncn(C=CC(=O)O)n2)cc(C(F)(F)F)c1. The molecule has 0 aliphatic carbocycles. The summed E-state index contributed by atoms with van der Waals surface area (Å²) in [4.78, 5) is 14.2. The number of hydrogen-bond donors (Lipinski definition) is 1. The number of aliphatic carboxylic acids is 1. The molecule has 22 heavy (non-hydrogen) atoms. The van der Waals surface area contributed by atoms with Gasteiger partial charge in [0.05, 0.1) is 17.2 Å². The Balaban J connectivity index is 2.45. The van der Waals surface area contributed by atoms with E-state index in [0.29, 0.717) is 0 Å². The molecule has 0 radical (unpaired) electrons. The number of carboxylic acid groups (broad SMARTS) is 1. The number of nitrogens with zero attached hydrogens (tertiary/aromatic N) is 4. The average Bonchev–Trinajstić information content (AvgIpc) is 2.92. The van der Waals surface area contributed by atoms with E-state index in [1.165, 1.54) is 6.07 Å². The maximum atomic E-state index is 12.8. The van der Waals surface area contributed by atoms with Crippen LogP contribution in [0.2, 0.25) is 0 Å². The van der Waals surface area contributed by atoms with E-state index in [-0.39, 0.29) is 17.0 Å². The third-order valence-electron chi connectivity index (χ3n) is 2.53. The Morgan fingerprint density at radius 3 is 2.68 bits per heavy atom. The Morgan fingerprint density at radius 1 is 1.36 bits per heavy atom. The Kier molecular flexibility index (Phi) is 3.94. The van der Waals surface area contributed by atoms with E-state index >= 15 is 0 Å². The molecule has 0 spiro atoms. The lowest BCUT2D eigenvalue weighted by molar-refractivity contribution is -0.137. The second-order valence-corrected chi connectivity index (χ2v) is 4.11. The standard InChI is InChI=1S/C13H7F3N4O2/c14-13(15,16)10-4-8(6-17)3-9(5-10)12-18-7-20(19-12)2-1-11(21)22/h1-5,7H,(H,21,22). The Hall–Kier alpha value is -3.15. The summed E-state index contributed by atoms with van der Waals surface area (Å²) < 4.78 is 39.4. The molecule has 0 saturated carbocycles. The van der Waals surface area contributed by atoms with Crippen molar-refractivity contribution < 1.29 is 23.1 Å². The van der Waals surface area contributed by atoms with Crippen LogP contribution in [0.15, 0.2) is 30.6 Å². The first kappa shape index (κ1) is 15.2. The third-order valence-corrected chi connectivity index (χ3v) is 2.53. The van der Waals surface area contributed by atoms with Gasteiger partial charge in [-0.15, -0.1) is 5.10 Å². The highest BCUT2D eigenvalue weighted by Crippen LogP contribution is 2.32. The maximum Gasteiger partial charge on any atom is 0.416 e. The molecule has 0 aliphatic rings. The molecule has 6 nitrogen and oxygen atoms in total.